The molecule has 0 saturated carbocycles. The van der Waals surface area contributed by atoms with Crippen LogP contribution in [-0.4, -0.2) is 29.8 Å². The summed E-state index contributed by atoms with van der Waals surface area (Å²) in [6.07, 6.45) is 4.68. The third-order valence-electron chi connectivity index (χ3n) is 4.48. The van der Waals surface area contributed by atoms with Gasteiger partial charge in [0.1, 0.15) is 5.82 Å². The quantitative estimate of drug-likeness (QED) is 0.339. The Balaban J connectivity index is 1.66. The van der Waals surface area contributed by atoms with Crippen molar-refractivity contribution in [3.05, 3.63) is 81.4 Å². The molecule has 1 aromatic heterocycles. The zero-order chi connectivity index (χ0) is 19.9. The molecule has 2 aromatic carbocycles. The minimum absolute atomic E-state index is 0.633. The van der Waals surface area contributed by atoms with Gasteiger partial charge in [-0.1, -0.05) is 24.3 Å². The fourth-order valence-corrected chi connectivity index (χ4v) is 3.64. The third-order valence-corrected chi connectivity index (χ3v) is 5.61. The monoisotopic (exact) mass is 510 g/mol. The zero-order valence-corrected chi connectivity index (χ0v) is 18.6. The van der Waals surface area contributed by atoms with Crippen LogP contribution in [0, 0.1) is 3.57 Å². The number of rotatable bonds is 9. The van der Waals surface area contributed by atoms with Crippen LogP contribution in [0.1, 0.15) is 17.0 Å². The van der Waals surface area contributed by atoms with E-state index in [0.29, 0.717) is 5.69 Å². The summed E-state index contributed by atoms with van der Waals surface area (Å²) in [7, 11) is 2.02. The molecule has 1 atom stereocenters. The highest BCUT2D eigenvalue weighted by atomic mass is 127. The van der Waals surface area contributed by atoms with Crippen LogP contribution < -0.4 is 4.72 Å². The van der Waals surface area contributed by atoms with Crippen LogP contribution in [0.4, 0.5) is 5.69 Å². The molecule has 6 nitrogen and oxygen atoms in total. The Hall–Kier alpha value is -1.75. The maximum Gasteiger partial charge on any atom is 0.259 e. The van der Waals surface area contributed by atoms with Crippen LogP contribution in [0.3, 0.4) is 0 Å². The number of benzene rings is 2. The Bertz CT molecular complexity index is 913. The predicted octanol–water partition coefficient (Wildman–Crippen LogP) is 3.82. The first-order valence-corrected chi connectivity index (χ1v) is 11.1. The fourth-order valence-electron chi connectivity index (χ4n) is 2.94. The summed E-state index contributed by atoms with van der Waals surface area (Å²) in [4.78, 5) is 6.85. The van der Waals surface area contributed by atoms with Gasteiger partial charge in [0.05, 0.1) is 6.54 Å². The molecule has 1 unspecified atom stereocenters. The van der Waals surface area contributed by atoms with Gasteiger partial charge >= 0.3 is 0 Å². The summed E-state index contributed by atoms with van der Waals surface area (Å²) >= 11 is 0.272. The average molecular weight is 510 g/mol. The van der Waals surface area contributed by atoms with Crippen molar-refractivity contribution in [2.45, 2.75) is 19.5 Å². The largest absolute Gasteiger partial charge is 0.337 e. The Morgan fingerprint density at radius 3 is 2.39 bits per heavy atom. The fraction of sp³-hybridized carbons (Fsp3) is 0.250. The van der Waals surface area contributed by atoms with Crippen molar-refractivity contribution in [2.75, 3.05) is 11.3 Å². The van der Waals surface area contributed by atoms with Gasteiger partial charge in [0, 0.05) is 41.8 Å². The molecule has 3 rings (SSSR count). The lowest BCUT2D eigenvalue weighted by Gasteiger charge is -2.22. The van der Waals surface area contributed by atoms with Crippen LogP contribution in [0.2, 0.25) is 0 Å². The second kappa shape index (κ2) is 10.1. The maximum atomic E-state index is 10.8. The first kappa shape index (κ1) is 21.0. The normalized spacial score (nSPS) is 12.3. The minimum atomic E-state index is -2.05. The SMILES string of the molecule is Cn1ccnc1CN(CCc1ccc(NS(=O)O)cc1)Cc1ccc(I)cc1. The minimum Gasteiger partial charge on any atom is -0.337 e. The standard InChI is InChI=1S/C20H23IN4O2S/c1-24-13-11-22-20(24)15-25(14-17-2-6-18(21)7-3-17)12-10-16-4-8-19(9-5-16)23-28(26)27/h2-9,11,13,23H,10,12,14-15H2,1H3,(H,26,27). The lowest BCUT2D eigenvalue weighted by Crippen LogP contribution is -2.26. The van der Waals surface area contributed by atoms with Gasteiger partial charge in [-0.2, -0.15) is 0 Å². The molecule has 2 N–H and O–H groups in total. The van der Waals surface area contributed by atoms with Gasteiger partial charge < -0.3 is 4.57 Å². The molecular weight excluding hydrogens is 487 g/mol. The Labute approximate surface area is 181 Å². The van der Waals surface area contributed by atoms with E-state index < -0.39 is 11.3 Å². The molecule has 28 heavy (non-hydrogen) atoms. The van der Waals surface area contributed by atoms with Gasteiger partial charge in [-0.25, -0.2) is 9.19 Å². The number of nitrogens with one attached hydrogen (secondary N) is 1. The number of aryl methyl sites for hydroxylation is 1. The van der Waals surface area contributed by atoms with Gasteiger partial charge in [0.25, 0.3) is 11.3 Å². The molecule has 0 saturated heterocycles. The van der Waals surface area contributed by atoms with E-state index in [1.54, 1.807) is 0 Å². The Morgan fingerprint density at radius 1 is 1.11 bits per heavy atom. The number of hydrogen-bond donors (Lipinski definition) is 2. The van der Waals surface area contributed by atoms with Gasteiger partial charge in [-0.05, 0) is 64.4 Å². The van der Waals surface area contributed by atoms with Gasteiger partial charge in [0.2, 0.25) is 0 Å². The Morgan fingerprint density at radius 2 is 1.79 bits per heavy atom. The molecule has 0 radical (unpaired) electrons. The second-order valence-corrected chi connectivity index (χ2v) is 8.54. The van der Waals surface area contributed by atoms with E-state index in [1.807, 2.05) is 43.7 Å². The number of anilines is 1. The highest BCUT2D eigenvalue weighted by molar-refractivity contribution is 14.1. The first-order chi connectivity index (χ1) is 13.5. The molecule has 1 heterocycles. The highest BCUT2D eigenvalue weighted by Crippen LogP contribution is 2.14. The third kappa shape index (κ3) is 6.40. The molecule has 0 fully saturated rings. The van der Waals surface area contributed by atoms with E-state index >= 15 is 0 Å². The lowest BCUT2D eigenvalue weighted by molar-refractivity contribution is 0.251. The molecular formula is C20H23IN4O2S. The summed E-state index contributed by atoms with van der Waals surface area (Å²) in [6, 6.07) is 16.2. The number of imidazole rings is 1. The first-order valence-electron chi connectivity index (χ1n) is 8.89. The molecule has 0 aliphatic heterocycles. The van der Waals surface area contributed by atoms with Crippen LogP contribution in [0.15, 0.2) is 60.9 Å². The molecule has 8 heteroatoms. The van der Waals surface area contributed by atoms with E-state index in [0.717, 1.165) is 31.9 Å². The van der Waals surface area contributed by atoms with Crippen LogP contribution in [0.5, 0.6) is 0 Å². The van der Waals surface area contributed by atoms with Crippen LogP contribution >= 0.6 is 22.6 Å². The van der Waals surface area contributed by atoms with Crippen molar-refractivity contribution in [2.24, 2.45) is 7.05 Å². The van der Waals surface area contributed by atoms with Crippen molar-refractivity contribution in [1.29, 1.82) is 0 Å². The molecule has 3 aromatic rings. The smallest absolute Gasteiger partial charge is 0.259 e. The number of hydrogen-bond acceptors (Lipinski definition) is 3. The van der Waals surface area contributed by atoms with E-state index in [1.165, 1.54) is 14.7 Å². The molecule has 0 amide bonds. The van der Waals surface area contributed by atoms with Crippen molar-refractivity contribution in [1.82, 2.24) is 14.5 Å². The summed E-state index contributed by atoms with van der Waals surface area (Å²) < 4.78 is 25.5. The number of halogens is 1. The number of nitrogens with zero attached hydrogens (tertiary/aromatic N) is 3. The van der Waals surface area contributed by atoms with Crippen molar-refractivity contribution < 1.29 is 8.76 Å². The molecule has 0 aliphatic rings. The van der Waals surface area contributed by atoms with Gasteiger partial charge in [0.15, 0.2) is 0 Å². The second-order valence-electron chi connectivity index (χ2n) is 6.59. The molecule has 0 spiro atoms. The van der Waals surface area contributed by atoms with Crippen molar-refractivity contribution in [3.63, 3.8) is 0 Å². The van der Waals surface area contributed by atoms with E-state index in [2.05, 4.69) is 66.0 Å². The predicted molar refractivity (Wildman–Crippen MR) is 121 cm³/mol. The van der Waals surface area contributed by atoms with E-state index in [-0.39, 0.29) is 0 Å². The van der Waals surface area contributed by atoms with E-state index in [4.69, 9.17) is 4.55 Å². The molecule has 0 aliphatic carbocycles. The maximum absolute atomic E-state index is 10.8. The van der Waals surface area contributed by atoms with Crippen LogP contribution in [-0.2, 0) is 37.8 Å². The van der Waals surface area contributed by atoms with E-state index in [9.17, 15) is 4.21 Å². The van der Waals surface area contributed by atoms with Crippen LogP contribution in [0.25, 0.3) is 0 Å². The van der Waals surface area contributed by atoms with Gasteiger partial charge in [-0.3, -0.25) is 14.2 Å². The molecule has 0 bridgehead atoms. The zero-order valence-electron chi connectivity index (χ0n) is 15.6. The van der Waals surface area contributed by atoms with Gasteiger partial charge in [-0.15, -0.1) is 0 Å². The van der Waals surface area contributed by atoms with Crippen molar-refractivity contribution >= 4 is 39.5 Å². The average Bonchev–Trinajstić information content (AvgIpc) is 3.07. The highest BCUT2D eigenvalue weighted by Gasteiger charge is 2.11. The summed E-state index contributed by atoms with van der Waals surface area (Å²) in [5.74, 6) is 1.04. The summed E-state index contributed by atoms with van der Waals surface area (Å²) in [6.45, 7) is 2.52. The summed E-state index contributed by atoms with van der Waals surface area (Å²) in [5.41, 5.74) is 3.09. The lowest BCUT2D eigenvalue weighted by atomic mass is 10.1. The summed E-state index contributed by atoms with van der Waals surface area (Å²) in [5, 5.41) is 0. The Kier molecular flexibility index (Phi) is 7.60. The number of aromatic nitrogens is 2. The topological polar surface area (TPSA) is 70.4 Å². The van der Waals surface area contributed by atoms with Crippen molar-refractivity contribution in [3.8, 4) is 0 Å². The molecule has 148 valence electrons.